The van der Waals surface area contributed by atoms with Crippen molar-refractivity contribution in [1.29, 1.82) is 0 Å². The van der Waals surface area contributed by atoms with Crippen molar-refractivity contribution in [3.05, 3.63) is 35.9 Å². The van der Waals surface area contributed by atoms with Crippen molar-refractivity contribution in [2.45, 2.75) is 25.1 Å². The van der Waals surface area contributed by atoms with Gasteiger partial charge in [-0.1, -0.05) is 30.3 Å². The van der Waals surface area contributed by atoms with Crippen LogP contribution in [0.4, 0.5) is 4.79 Å². The van der Waals surface area contributed by atoms with Gasteiger partial charge in [-0.2, -0.15) is 11.8 Å². The number of rotatable bonds is 10. The Hall–Kier alpha value is -2.26. The summed E-state index contributed by atoms with van der Waals surface area (Å²) < 4.78 is 4.97. The number of carboxylic acids is 1. The molecule has 0 radical (unpaired) electrons. The molecule has 0 bridgehead atoms. The highest BCUT2D eigenvalue weighted by Gasteiger charge is 2.26. The minimum absolute atomic E-state index is 0.0118. The van der Waals surface area contributed by atoms with Crippen LogP contribution in [-0.4, -0.2) is 58.9 Å². The van der Waals surface area contributed by atoms with Crippen molar-refractivity contribution in [3.63, 3.8) is 0 Å². The van der Waals surface area contributed by atoms with Crippen LogP contribution in [-0.2, 0) is 20.9 Å². The fraction of sp³-hybridized carbons (Fsp3) is 0.438. The SMILES string of the molecule is CSCCC(NC(=O)C(CO)NC(=O)OCc1ccccc1)C(=O)O. The number of carboxylic acid groups (broad SMARTS) is 1. The monoisotopic (exact) mass is 370 g/mol. The first-order valence-electron chi connectivity index (χ1n) is 7.58. The summed E-state index contributed by atoms with van der Waals surface area (Å²) in [5.41, 5.74) is 0.769. The van der Waals surface area contributed by atoms with Gasteiger partial charge in [-0.05, 0) is 24.0 Å². The van der Waals surface area contributed by atoms with Gasteiger partial charge in [0.05, 0.1) is 6.61 Å². The number of amides is 2. The molecule has 138 valence electrons. The van der Waals surface area contributed by atoms with Gasteiger partial charge < -0.3 is 25.6 Å². The number of aliphatic hydroxyl groups is 1. The molecule has 0 saturated carbocycles. The molecular weight excluding hydrogens is 348 g/mol. The molecule has 2 atom stereocenters. The minimum Gasteiger partial charge on any atom is -0.480 e. The van der Waals surface area contributed by atoms with Crippen LogP contribution in [0.15, 0.2) is 30.3 Å². The number of hydrogen-bond donors (Lipinski definition) is 4. The summed E-state index contributed by atoms with van der Waals surface area (Å²) in [6.45, 7) is -0.668. The predicted molar refractivity (Wildman–Crippen MR) is 93.2 cm³/mol. The molecule has 25 heavy (non-hydrogen) atoms. The van der Waals surface area contributed by atoms with Gasteiger partial charge in [0, 0.05) is 0 Å². The lowest BCUT2D eigenvalue weighted by atomic mass is 10.2. The van der Waals surface area contributed by atoms with E-state index in [4.69, 9.17) is 9.84 Å². The third-order valence-corrected chi connectivity index (χ3v) is 3.87. The number of carbonyl (C=O) groups excluding carboxylic acids is 2. The van der Waals surface area contributed by atoms with Crippen molar-refractivity contribution in [3.8, 4) is 0 Å². The summed E-state index contributed by atoms with van der Waals surface area (Å²) in [6.07, 6.45) is 1.18. The average molecular weight is 370 g/mol. The number of hydrogen-bond acceptors (Lipinski definition) is 6. The molecule has 1 aromatic carbocycles. The maximum atomic E-state index is 12.1. The Morgan fingerprint density at radius 3 is 2.40 bits per heavy atom. The molecule has 1 rings (SSSR count). The Morgan fingerprint density at radius 1 is 1.16 bits per heavy atom. The Labute approximate surface area is 149 Å². The summed E-state index contributed by atoms with van der Waals surface area (Å²) >= 11 is 1.45. The number of aliphatic hydroxyl groups excluding tert-OH is 1. The third-order valence-electron chi connectivity index (χ3n) is 3.23. The van der Waals surface area contributed by atoms with E-state index in [0.29, 0.717) is 5.75 Å². The second-order valence-electron chi connectivity index (χ2n) is 5.12. The topological polar surface area (TPSA) is 125 Å². The number of alkyl carbamates (subject to hydrolysis) is 1. The first-order valence-corrected chi connectivity index (χ1v) is 8.97. The van der Waals surface area contributed by atoms with Crippen LogP contribution in [0.1, 0.15) is 12.0 Å². The van der Waals surface area contributed by atoms with Crippen LogP contribution in [0.3, 0.4) is 0 Å². The molecule has 0 saturated heterocycles. The van der Waals surface area contributed by atoms with Gasteiger partial charge in [-0.15, -0.1) is 0 Å². The number of aliphatic carboxylic acids is 1. The first-order chi connectivity index (χ1) is 12.0. The Morgan fingerprint density at radius 2 is 1.84 bits per heavy atom. The maximum absolute atomic E-state index is 12.1. The molecule has 8 nitrogen and oxygen atoms in total. The van der Waals surface area contributed by atoms with Gasteiger partial charge in [0.15, 0.2) is 0 Å². The smallest absolute Gasteiger partial charge is 0.408 e. The van der Waals surface area contributed by atoms with E-state index in [1.54, 1.807) is 24.3 Å². The highest BCUT2D eigenvalue weighted by atomic mass is 32.2. The summed E-state index contributed by atoms with van der Waals surface area (Å²) in [4.78, 5) is 34.9. The molecule has 9 heteroatoms. The summed E-state index contributed by atoms with van der Waals surface area (Å²) in [7, 11) is 0. The van der Waals surface area contributed by atoms with Gasteiger partial charge in [0.2, 0.25) is 5.91 Å². The lowest BCUT2D eigenvalue weighted by Crippen LogP contribution is -2.53. The number of ether oxygens (including phenoxy) is 1. The molecule has 2 amide bonds. The zero-order chi connectivity index (χ0) is 18.7. The van der Waals surface area contributed by atoms with Gasteiger partial charge >= 0.3 is 12.1 Å². The first kappa shape index (κ1) is 20.8. The van der Waals surface area contributed by atoms with Crippen molar-refractivity contribution >= 4 is 29.7 Å². The molecule has 0 aliphatic carbocycles. The Bertz CT molecular complexity index is 569. The van der Waals surface area contributed by atoms with Gasteiger partial charge in [0.25, 0.3) is 0 Å². The molecule has 4 N–H and O–H groups in total. The number of nitrogens with one attached hydrogen (secondary N) is 2. The van der Waals surface area contributed by atoms with Gasteiger partial charge in [-0.25, -0.2) is 9.59 Å². The Balaban J connectivity index is 2.51. The molecule has 0 fully saturated rings. The van der Waals surface area contributed by atoms with Gasteiger partial charge in [-0.3, -0.25) is 4.79 Å². The summed E-state index contributed by atoms with van der Waals surface area (Å²) in [5, 5.41) is 22.9. The summed E-state index contributed by atoms with van der Waals surface area (Å²) in [6, 6.07) is 6.57. The second-order valence-corrected chi connectivity index (χ2v) is 6.11. The molecule has 0 aliphatic heterocycles. The van der Waals surface area contributed by atoms with E-state index in [1.165, 1.54) is 11.8 Å². The van der Waals surface area contributed by atoms with E-state index in [1.807, 2.05) is 12.3 Å². The fourth-order valence-corrected chi connectivity index (χ4v) is 2.34. The lowest BCUT2D eigenvalue weighted by Gasteiger charge is -2.19. The van der Waals surface area contributed by atoms with Crippen LogP contribution in [0.2, 0.25) is 0 Å². The van der Waals surface area contributed by atoms with Crippen molar-refractivity contribution in [2.24, 2.45) is 0 Å². The number of thioether (sulfide) groups is 1. The normalized spacial score (nSPS) is 12.7. The van der Waals surface area contributed by atoms with Crippen molar-refractivity contribution in [2.75, 3.05) is 18.6 Å². The van der Waals surface area contributed by atoms with Crippen LogP contribution in [0, 0.1) is 0 Å². The zero-order valence-electron chi connectivity index (χ0n) is 13.8. The van der Waals surface area contributed by atoms with Crippen LogP contribution in [0.5, 0.6) is 0 Å². The van der Waals surface area contributed by atoms with E-state index >= 15 is 0 Å². The van der Waals surface area contributed by atoms with Gasteiger partial charge in [0.1, 0.15) is 18.7 Å². The minimum atomic E-state index is -1.29. The number of benzene rings is 1. The van der Waals surface area contributed by atoms with E-state index in [9.17, 15) is 19.5 Å². The van der Waals surface area contributed by atoms with E-state index < -0.39 is 36.7 Å². The van der Waals surface area contributed by atoms with Crippen LogP contribution in [0.25, 0.3) is 0 Å². The highest BCUT2D eigenvalue weighted by molar-refractivity contribution is 7.98. The van der Waals surface area contributed by atoms with Crippen molar-refractivity contribution < 1.29 is 29.3 Å². The predicted octanol–water partition coefficient (Wildman–Crippen LogP) is 0.596. The molecule has 0 aromatic heterocycles. The maximum Gasteiger partial charge on any atom is 0.408 e. The highest BCUT2D eigenvalue weighted by Crippen LogP contribution is 2.03. The van der Waals surface area contributed by atoms with Crippen molar-refractivity contribution in [1.82, 2.24) is 10.6 Å². The Kier molecular flexibility index (Phi) is 9.41. The fourth-order valence-electron chi connectivity index (χ4n) is 1.87. The van der Waals surface area contributed by atoms with E-state index in [0.717, 1.165) is 5.56 Å². The molecule has 2 unspecified atom stereocenters. The standard InChI is InChI=1S/C16H22N2O6S/c1-25-8-7-12(15(21)22)17-14(20)13(9-19)18-16(23)24-10-11-5-3-2-4-6-11/h2-6,12-13,19H,7-10H2,1H3,(H,17,20)(H,18,23)(H,21,22). The quantitative estimate of drug-likeness (QED) is 0.475. The molecular formula is C16H22N2O6S. The summed E-state index contributed by atoms with van der Waals surface area (Å²) in [5.74, 6) is -1.41. The van der Waals surface area contributed by atoms with Crippen LogP contribution >= 0.6 is 11.8 Å². The van der Waals surface area contributed by atoms with E-state index in [-0.39, 0.29) is 13.0 Å². The molecule has 0 aliphatic rings. The second kappa shape index (κ2) is 11.3. The number of carbonyl (C=O) groups is 3. The molecule has 1 aromatic rings. The largest absolute Gasteiger partial charge is 0.480 e. The lowest BCUT2D eigenvalue weighted by molar-refractivity contribution is -0.142. The third kappa shape index (κ3) is 7.90. The average Bonchev–Trinajstić information content (AvgIpc) is 2.61. The molecule has 0 spiro atoms. The van der Waals surface area contributed by atoms with Crippen LogP contribution < -0.4 is 10.6 Å². The zero-order valence-corrected chi connectivity index (χ0v) is 14.6. The van der Waals surface area contributed by atoms with E-state index in [2.05, 4.69) is 10.6 Å². The molecule has 0 heterocycles.